The molecule has 0 unspecified atom stereocenters. The molecule has 1 saturated heterocycles. The van der Waals surface area contributed by atoms with Crippen LogP contribution < -0.4 is 10.2 Å². The first-order valence-corrected chi connectivity index (χ1v) is 11.5. The first kappa shape index (κ1) is 21.5. The molecule has 0 saturated carbocycles. The van der Waals surface area contributed by atoms with Crippen molar-refractivity contribution < 1.29 is 13.9 Å². The molecule has 3 aromatic rings. The van der Waals surface area contributed by atoms with Crippen molar-refractivity contribution in [3.8, 4) is 16.9 Å². The number of ether oxygens (including phenoxy) is 2. The van der Waals surface area contributed by atoms with Crippen molar-refractivity contribution in [3.05, 3.63) is 63.0 Å². The fourth-order valence-electron chi connectivity index (χ4n) is 4.56. The van der Waals surface area contributed by atoms with Crippen LogP contribution in [0.2, 0.25) is 5.02 Å². The van der Waals surface area contributed by atoms with Crippen LogP contribution in [0.15, 0.2) is 45.6 Å². The summed E-state index contributed by atoms with van der Waals surface area (Å²) in [6, 6.07) is 11.0. The second-order valence-corrected chi connectivity index (χ2v) is 8.86. The van der Waals surface area contributed by atoms with Crippen molar-refractivity contribution in [2.75, 3.05) is 46.1 Å². The molecule has 2 aromatic carbocycles. The van der Waals surface area contributed by atoms with Gasteiger partial charge in [0.1, 0.15) is 23.8 Å². The van der Waals surface area contributed by atoms with E-state index in [1.165, 1.54) is 0 Å². The van der Waals surface area contributed by atoms with Crippen molar-refractivity contribution in [2.45, 2.75) is 19.9 Å². The molecule has 2 aliphatic rings. The monoisotopic (exact) mass is 454 g/mol. The second kappa shape index (κ2) is 9.24. The highest BCUT2D eigenvalue weighted by atomic mass is 35.5. The first-order valence-electron chi connectivity index (χ1n) is 11.1. The van der Waals surface area contributed by atoms with E-state index < -0.39 is 0 Å². The molecule has 0 spiro atoms. The Morgan fingerprint density at radius 2 is 1.75 bits per heavy atom. The Morgan fingerprint density at radius 1 is 1.00 bits per heavy atom. The van der Waals surface area contributed by atoms with Gasteiger partial charge in [-0.25, -0.2) is 0 Å². The minimum atomic E-state index is -0.0293. The second-order valence-electron chi connectivity index (χ2n) is 8.42. The summed E-state index contributed by atoms with van der Waals surface area (Å²) in [6.07, 6.45) is 1.06. The maximum Gasteiger partial charge on any atom is 0.200 e. The molecule has 0 amide bonds. The first-order chi connectivity index (χ1) is 15.6. The molecule has 0 radical (unpaired) electrons. The fraction of sp³-hybridized carbons (Fsp3) is 0.400. The Bertz CT molecular complexity index is 1170. The highest BCUT2D eigenvalue weighted by Crippen LogP contribution is 2.34. The van der Waals surface area contributed by atoms with E-state index >= 15 is 0 Å². The van der Waals surface area contributed by atoms with Gasteiger partial charge in [0.2, 0.25) is 5.43 Å². The molecule has 6 nitrogen and oxygen atoms in total. The van der Waals surface area contributed by atoms with Crippen molar-refractivity contribution in [3.63, 3.8) is 0 Å². The Labute approximate surface area is 192 Å². The maximum absolute atomic E-state index is 13.4. The number of halogens is 1. The summed E-state index contributed by atoms with van der Waals surface area (Å²) >= 11 is 6.02. The Morgan fingerprint density at radius 3 is 2.53 bits per heavy atom. The van der Waals surface area contributed by atoms with E-state index in [1.807, 2.05) is 31.2 Å². The van der Waals surface area contributed by atoms with Gasteiger partial charge in [0.05, 0.1) is 29.7 Å². The number of hydrogen-bond acceptors (Lipinski definition) is 6. The van der Waals surface area contributed by atoms with Crippen LogP contribution in [0.3, 0.4) is 0 Å². The van der Waals surface area contributed by atoms with Gasteiger partial charge < -0.3 is 13.9 Å². The lowest BCUT2D eigenvalue weighted by molar-refractivity contribution is 0.0330. The number of benzene rings is 2. The summed E-state index contributed by atoms with van der Waals surface area (Å²) in [6.45, 7) is 8.74. The topological polar surface area (TPSA) is 55.2 Å². The lowest BCUT2D eigenvalue weighted by Gasteiger charge is -2.31. The van der Waals surface area contributed by atoms with Crippen LogP contribution >= 0.6 is 11.6 Å². The summed E-state index contributed by atoms with van der Waals surface area (Å²) in [7, 11) is 0. The van der Waals surface area contributed by atoms with Gasteiger partial charge in [0.15, 0.2) is 0 Å². The predicted octanol–water partition coefficient (Wildman–Crippen LogP) is 4.30. The number of hydrogen-bond donors (Lipinski definition) is 0. The van der Waals surface area contributed by atoms with Gasteiger partial charge in [-0.05, 0) is 49.7 Å². The molecule has 2 aliphatic heterocycles. The molecule has 168 valence electrons. The van der Waals surface area contributed by atoms with Crippen molar-refractivity contribution in [1.82, 2.24) is 9.80 Å². The van der Waals surface area contributed by atoms with E-state index in [-0.39, 0.29) is 5.43 Å². The number of fused-ring (bicyclic) bond motifs is 3. The highest BCUT2D eigenvalue weighted by molar-refractivity contribution is 6.30. The lowest BCUT2D eigenvalue weighted by atomic mass is 10.0. The summed E-state index contributed by atoms with van der Waals surface area (Å²) in [5.74, 6) is 1.39. The fourth-order valence-corrected chi connectivity index (χ4v) is 4.68. The maximum atomic E-state index is 13.4. The average molecular weight is 455 g/mol. The zero-order valence-corrected chi connectivity index (χ0v) is 19.0. The SMILES string of the molecule is Cc1oc2c3c(ccc2c(=O)c1-c1ccc(Cl)cc1)OCN(CCCN1CCOCC1)C3. The number of rotatable bonds is 5. The van der Waals surface area contributed by atoms with Gasteiger partial charge >= 0.3 is 0 Å². The van der Waals surface area contributed by atoms with Gasteiger partial charge in [-0.1, -0.05) is 23.7 Å². The largest absolute Gasteiger partial charge is 0.478 e. The molecule has 1 aromatic heterocycles. The minimum absolute atomic E-state index is 0.0293. The van der Waals surface area contributed by atoms with Gasteiger partial charge in [-0.15, -0.1) is 0 Å². The number of aryl methyl sites for hydroxylation is 1. The molecule has 32 heavy (non-hydrogen) atoms. The molecular weight excluding hydrogens is 428 g/mol. The lowest BCUT2D eigenvalue weighted by Crippen LogP contribution is -2.39. The van der Waals surface area contributed by atoms with E-state index in [0.29, 0.717) is 40.6 Å². The molecule has 0 atom stereocenters. The quantitative estimate of drug-likeness (QED) is 0.573. The Kier molecular flexibility index (Phi) is 6.20. The van der Waals surface area contributed by atoms with E-state index in [9.17, 15) is 4.79 Å². The molecular formula is C25H27ClN2O4. The van der Waals surface area contributed by atoms with Crippen molar-refractivity contribution in [1.29, 1.82) is 0 Å². The van der Waals surface area contributed by atoms with Crippen molar-refractivity contribution in [2.24, 2.45) is 0 Å². The van der Waals surface area contributed by atoms with Gasteiger partial charge in [-0.3, -0.25) is 14.6 Å². The third-order valence-corrected chi connectivity index (χ3v) is 6.52. The number of morpholine rings is 1. The summed E-state index contributed by atoms with van der Waals surface area (Å²) in [5.41, 5.74) is 2.93. The van der Waals surface area contributed by atoms with Crippen LogP contribution in [0, 0.1) is 6.92 Å². The Balaban J connectivity index is 1.40. The van der Waals surface area contributed by atoms with Gasteiger partial charge in [0.25, 0.3) is 0 Å². The minimum Gasteiger partial charge on any atom is -0.478 e. The molecule has 7 heteroatoms. The van der Waals surface area contributed by atoms with Crippen LogP contribution in [-0.4, -0.2) is 55.9 Å². The predicted molar refractivity (Wildman–Crippen MR) is 125 cm³/mol. The van der Waals surface area contributed by atoms with Crippen LogP contribution in [0.1, 0.15) is 17.7 Å². The van der Waals surface area contributed by atoms with Crippen LogP contribution in [-0.2, 0) is 11.3 Å². The van der Waals surface area contributed by atoms with Crippen LogP contribution in [0.25, 0.3) is 22.1 Å². The van der Waals surface area contributed by atoms with Gasteiger partial charge in [0, 0.05) is 31.2 Å². The van der Waals surface area contributed by atoms with E-state index in [2.05, 4.69) is 9.80 Å². The molecule has 0 aliphatic carbocycles. The standard InChI is InChI=1S/C25H27ClN2O4/c1-17-23(18-3-5-19(26)6-4-18)24(29)20-7-8-22-21(25(20)32-17)15-28(16-31-22)10-2-9-27-11-13-30-14-12-27/h3-8H,2,9-16H2,1H3. The molecule has 5 rings (SSSR count). The molecule has 0 N–H and O–H groups in total. The summed E-state index contributed by atoms with van der Waals surface area (Å²) in [5, 5.41) is 1.22. The zero-order valence-electron chi connectivity index (χ0n) is 18.2. The van der Waals surface area contributed by atoms with Crippen LogP contribution in [0.5, 0.6) is 5.75 Å². The molecule has 0 bridgehead atoms. The highest BCUT2D eigenvalue weighted by Gasteiger charge is 2.24. The molecule has 1 fully saturated rings. The van der Waals surface area contributed by atoms with E-state index in [1.54, 1.807) is 12.1 Å². The van der Waals surface area contributed by atoms with E-state index in [0.717, 1.165) is 62.7 Å². The van der Waals surface area contributed by atoms with Crippen molar-refractivity contribution >= 4 is 22.6 Å². The zero-order chi connectivity index (χ0) is 22.1. The molecule has 3 heterocycles. The van der Waals surface area contributed by atoms with E-state index in [4.69, 9.17) is 25.5 Å². The smallest absolute Gasteiger partial charge is 0.200 e. The van der Waals surface area contributed by atoms with Crippen LogP contribution in [0.4, 0.5) is 0 Å². The Hall–Kier alpha value is -2.38. The third kappa shape index (κ3) is 4.28. The van der Waals surface area contributed by atoms with Gasteiger partial charge in [-0.2, -0.15) is 0 Å². The third-order valence-electron chi connectivity index (χ3n) is 6.27. The average Bonchev–Trinajstić information content (AvgIpc) is 2.81. The summed E-state index contributed by atoms with van der Waals surface area (Å²) in [4.78, 5) is 18.1. The summed E-state index contributed by atoms with van der Waals surface area (Å²) < 4.78 is 17.7. The normalized spacial score (nSPS) is 17.3. The number of nitrogens with zero attached hydrogens (tertiary/aromatic N) is 2.